The molecule has 1 nitrogen and oxygen atoms in total. The lowest BCUT2D eigenvalue weighted by atomic mass is 9.44. The molecule has 8 unspecified atom stereocenters. The minimum Gasteiger partial charge on any atom is -0.393 e. The zero-order valence-corrected chi connectivity index (χ0v) is 19.2. The minimum atomic E-state index is -4.04. The van der Waals surface area contributed by atoms with Gasteiger partial charge in [0.05, 0.1) is 6.10 Å². The largest absolute Gasteiger partial charge is 0.393 e. The molecule has 4 saturated carbocycles. The van der Waals surface area contributed by atoms with E-state index in [0.29, 0.717) is 23.2 Å². The molecule has 0 aliphatic heterocycles. The molecule has 4 fully saturated rings. The summed E-state index contributed by atoms with van der Waals surface area (Å²) in [7, 11) is 0. The molecule has 170 valence electrons. The van der Waals surface area contributed by atoms with E-state index in [2.05, 4.69) is 13.8 Å². The van der Waals surface area contributed by atoms with Crippen LogP contribution in [0.4, 0.5) is 13.2 Å². The second-order valence-electron chi connectivity index (χ2n) is 11.1. The van der Waals surface area contributed by atoms with Crippen molar-refractivity contribution in [1.82, 2.24) is 0 Å². The van der Waals surface area contributed by atoms with Crippen molar-refractivity contribution in [2.75, 3.05) is 0 Å². The second-order valence-corrected chi connectivity index (χ2v) is 11.1. The van der Waals surface area contributed by atoms with E-state index in [9.17, 15) is 18.3 Å². The maximum Gasteiger partial charge on any atom is 0.389 e. The van der Waals surface area contributed by atoms with Crippen molar-refractivity contribution in [1.29, 1.82) is 0 Å². The van der Waals surface area contributed by atoms with Crippen molar-refractivity contribution in [2.45, 2.75) is 111 Å². The zero-order valence-electron chi connectivity index (χ0n) is 19.2. The average Bonchev–Trinajstić information content (AvgIpc) is 3.00. The maximum atomic E-state index is 13.0. The van der Waals surface area contributed by atoms with Crippen molar-refractivity contribution in [3.63, 3.8) is 0 Å². The van der Waals surface area contributed by atoms with Gasteiger partial charge in [-0.15, -0.1) is 0 Å². The topological polar surface area (TPSA) is 20.2 Å². The van der Waals surface area contributed by atoms with E-state index < -0.39 is 12.6 Å². The maximum absolute atomic E-state index is 13.0. The standard InChI is InChI=1S/C23H37F3O.C2H6/c1-14(13-23(24,25)26)18-6-7-19-17-5-4-15-12-16(27)8-10-21(15,2)20(17)9-11-22(18,19)3;1-2/h14-20,27H,4-13H2,1-3H3;1-2H3/t14?,15?,16?,17?,18-,19?,20?,21?,22?;/m1./s1. The van der Waals surface area contributed by atoms with E-state index in [1.807, 2.05) is 20.8 Å². The van der Waals surface area contributed by atoms with Gasteiger partial charge in [0.2, 0.25) is 0 Å². The quantitative estimate of drug-likeness (QED) is 0.491. The normalized spacial score (nSPS) is 47.9. The van der Waals surface area contributed by atoms with E-state index in [4.69, 9.17) is 0 Å². The molecular formula is C25H43F3O. The van der Waals surface area contributed by atoms with Gasteiger partial charge in [0.25, 0.3) is 0 Å². The van der Waals surface area contributed by atoms with Gasteiger partial charge in [-0.25, -0.2) is 0 Å². The van der Waals surface area contributed by atoms with Crippen molar-refractivity contribution in [3.8, 4) is 0 Å². The molecule has 0 aromatic rings. The highest BCUT2D eigenvalue weighted by Crippen LogP contribution is 2.68. The van der Waals surface area contributed by atoms with Gasteiger partial charge in [-0.05, 0) is 104 Å². The molecule has 4 rings (SSSR count). The van der Waals surface area contributed by atoms with Crippen molar-refractivity contribution in [2.24, 2.45) is 46.3 Å². The Hall–Kier alpha value is -0.250. The summed E-state index contributed by atoms with van der Waals surface area (Å²) in [5.41, 5.74) is 0.447. The Bertz CT molecular complexity index is 561. The molecule has 4 aliphatic carbocycles. The summed E-state index contributed by atoms with van der Waals surface area (Å²) in [6.07, 6.45) is 5.12. The predicted octanol–water partition coefficient (Wildman–Crippen LogP) is 7.62. The molecule has 0 saturated heterocycles. The van der Waals surface area contributed by atoms with Crippen molar-refractivity contribution in [3.05, 3.63) is 0 Å². The number of fused-ring (bicyclic) bond motifs is 5. The number of aliphatic hydroxyl groups excluding tert-OH is 1. The van der Waals surface area contributed by atoms with Gasteiger partial charge in [0.1, 0.15) is 0 Å². The molecular weight excluding hydrogens is 373 g/mol. The molecule has 29 heavy (non-hydrogen) atoms. The third-order valence-corrected chi connectivity index (χ3v) is 9.95. The van der Waals surface area contributed by atoms with Crippen LogP contribution in [0.5, 0.6) is 0 Å². The highest BCUT2D eigenvalue weighted by Gasteiger charge is 2.60. The molecule has 0 heterocycles. The Morgan fingerprint density at radius 3 is 2.17 bits per heavy atom. The summed E-state index contributed by atoms with van der Waals surface area (Å²) in [5.74, 6) is 2.65. The van der Waals surface area contributed by atoms with Gasteiger partial charge in [-0.2, -0.15) is 13.2 Å². The summed E-state index contributed by atoms with van der Waals surface area (Å²) in [6.45, 7) is 10.7. The molecule has 4 aliphatic rings. The van der Waals surface area contributed by atoms with E-state index in [1.54, 1.807) is 0 Å². The monoisotopic (exact) mass is 416 g/mol. The van der Waals surface area contributed by atoms with E-state index in [1.165, 1.54) is 19.3 Å². The first kappa shape index (κ1) is 23.4. The highest BCUT2D eigenvalue weighted by atomic mass is 19.4. The van der Waals surface area contributed by atoms with Gasteiger partial charge in [-0.1, -0.05) is 34.6 Å². The van der Waals surface area contributed by atoms with Gasteiger partial charge < -0.3 is 5.11 Å². The fraction of sp³-hybridized carbons (Fsp3) is 1.00. The average molecular weight is 417 g/mol. The van der Waals surface area contributed by atoms with Crippen LogP contribution in [0, 0.1) is 46.3 Å². The summed E-state index contributed by atoms with van der Waals surface area (Å²) < 4.78 is 39.1. The van der Waals surface area contributed by atoms with E-state index >= 15 is 0 Å². The lowest BCUT2D eigenvalue weighted by Gasteiger charge is -2.61. The molecule has 0 aromatic carbocycles. The molecule has 1 N–H and O–H groups in total. The third-order valence-electron chi connectivity index (χ3n) is 9.95. The molecule has 0 radical (unpaired) electrons. The Kier molecular flexibility index (Phi) is 6.75. The van der Waals surface area contributed by atoms with Crippen LogP contribution in [0.15, 0.2) is 0 Å². The van der Waals surface area contributed by atoms with Gasteiger partial charge in [0, 0.05) is 6.42 Å². The third kappa shape index (κ3) is 4.13. The smallest absolute Gasteiger partial charge is 0.389 e. The molecule has 0 aromatic heterocycles. The van der Waals surface area contributed by atoms with Crippen molar-refractivity contribution < 1.29 is 18.3 Å². The highest BCUT2D eigenvalue weighted by molar-refractivity contribution is 5.09. The Balaban J connectivity index is 0.00000117. The molecule has 0 amide bonds. The number of halogens is 3. The number of hydrogen-bond acceptors (Lipinski definition) is 1. The number of hydrogen-bond donors (Lipinski definition) is 1. The van der Waals surface area contributed by atoms with Gasteiger partial charge in [-0.3, -0.25) is 0 Å². The molecule has 9 atom stereocenters. The Labute approximate surface area is 176 Å². The van der Waals surface area contributed by atoms with Gasteiger partial charge in [0.15, 0.2) is 0 Å². The van der Waals surface area contributed by atoms with Crippen LogP contribution >= 0.6 is 0 Å². The fourth-order valence-corrected chi connectivity index (χ4v) is 8.72. The lowest BCUT2D eigenvalue weighted by molar-refractivity contribution is -0.157. The first-order chi connectivity index (χ1) is 13.5. The van der Waals surface area contributed by atoms with Crippen LogP contribution in [-0.2, 0) is 0 Å². The van der Waals surface area contributed by atoms with Crippen LogP contribution < -0.4 is 0 Å². The summed E-state index contributed by atoms with van der Waals surface area (Å²) >= 11 is 0. The van der Waals surface area contributed by atoms with E-state index in [-0.39, 0.29) is 23.4 Å². The molecule has 0 bridgehead atoms. The Morgan fingerprint density at radius 2 is 1.52 bits per heavy atom. The zero-order chi connectivity index (χ0) is 21.6. The van der Waals surface area contributed by atoms with E-state index in [0.717, 1.165) is 44.4 Å². The molecule has 4 heteroatoms. The number of aliphatic hydroxyl groups is 1. The first-order valence-corrected chi connectivity index (χ1v) is 12.3. The Morgan fingerprint density at radius 1 is 0.897 bits per heavy atom. The summed E-state index contributed by atoms with van der Waals surface area (Å²) in [5, 5.41) is 10.1. The molecule has 0 spiro atoms. The van der Waals surface area contributed by atoms with Crippen LogP contribution in [0.1, 0.15) is 98.8 Å². The van der Waals surface area contributed by atoms with Crippen LogP contribution in [0.3, 0.4) is 0 Å². The summed E-state index contributed by atoms with van der Waals surface area (Å²) in [4.78, 5) is 0. The van der Waals surface area contributed by atoms with Crippen LogP contribution in [-0.4, -0.2) is 17.4 Å². The predicted molar refractivity (Wildman–Crippen MR) is 112 cm³/mol. The SMILES string of the molecule is CC.CC(CC(F)(F)F)[C@H]1CCC2C3CCC4CC(O)CCC4(C)C3CCC21C. The summed E-state index contributed by atoms with van der Waals surface area (Å²) in [6, 6.07) is 0. The fourth-order valence-electron chi connectivity index (χ4n) is 8.72. The number of rotatable bonds is 2. The first-order valence-electron chi connectivity index (χ1n) is 12.3. The minimum absolute atomic E-state index is 0.100. The van der Waals surface area contributed by atoms with Crippen LogP contribution in [0.2, 0.25) is 0 Å². The second kappa shape index (κ2) is 8.36. The lowest BCUT2D eigenvalue weighted by Crippen LogP contribution is -2.54. The number of alkyl halides is 3. The van der Waals surface area contributed by atoms with Crippen molar-refractivity contribution >= 4 is 0 Å². The van der Waals surface area contributed by atoms with Crippen LogP contribution in [0.25, 0.3) is 0 Å². The van der Waals surface area contributed by atoms with Gasteiger partial charge >= 0.3 is 6.18 Å².